The third kappa shape index (κ3) is 5.11. The molecule has 30 heavy (non-hydrogen) atoms. The molecule has 0 unspecified atom stereocenters. The van der Waals surface area contributed by atoms with E-state index in [-0.39, 0.29) is 22.1 Å². The smallest absolute Gasteiger partial charge is 0.387 e. The van der Waals surface area contributed by atoms with Crippen LogP contribution in [-0.4, -0.2) is 60.3 Å². The van der Waals surface area contributed by atoms with Crippen molar-refractivity contribution in [3.63, 3.8) is 0 Å². The number of hydrogen-bond acceptors (Lipinski definition) is 6. The molecule has 1 fully saturated rings. The lowest BCUT2D eigenvalue weighted by atomic mass is 10.1. The lowest BCUT2D eigenvalue weighted by Gasteiger charge is -2.35. The van der Waals surface area contributed by atoms with Crippen LogP contribution in [0.25, 0.3) is 0 Å². The quantitative estimate of drug-likeness (QED) is 0.712. The number of ether oxygens (including phenoxy) is 2. The molecule has 7 nitrogen and oxygen atoms in total. The van der Waals surface area contributed by atoms with Crippen LogP contribution < -0.4 is 19.1 Å². The number of likely N-dealkylation sites (N-methyl/N-ethyl adjacent to an activating group) is 1. The van der Waals surface area contributed by atoms with E-state index < -0.39 is 16.6 Å². The van der Waals surface area contributed by atoms with Gasteiger partial charge in [0.15, 0.2) is 0 Å². The first-order valence-corrected chi connectivity index (χ1v) is 10.9. The van der Waals surface area contributed by atoms with Crippen molar-refractivity contribution in [1.29, 1.82) is 0 Å². The number of anilines is 2. The Bertz CT molecular complexity index is 994. The summed E-state index contributed by atoms with van der Waals surface area (Å²) in [5, 5.41) is 0. The molecule has 0 aliphatic carbocycles. The second-order valence-corrected chi connectivity index (χ2v) is 8.77. The van der Waals surface area contributed by atoms with Crippen molar-refractivity contribution in [2.24, 2.45) is 0 Å². The number of benzene rings is 2. The van der Waals surface area contributed by atoms with Crippen molar-refractivity contribution in [1.82, 2.24) is 4.90 Å². The van der Waals surface area contributed by atoms with Crippen LogP contribution in [0.2, 0.25) is 0 Å². The zero-order valence-corrected chi connectivity index (χ0v) is 17.9. The summed E-state index contributed by atoms with van der Waals surface area (Å²) in [5.74, 6) is 0.0112. The highest BCUT2D eigenvalue weighted by atomic mass is 32.2. The maximum Gasteiger partial charge on any atom is 0.387 e. The Labute approximate surface area is 175 Å². The summed E-state index contributed by atoms with van der Waals surface area (Å²) < 4.78 is 63.0. The molecule has 1 aliphatic rings. The van der Waals surface area contributed by atoms with Gasteiger partial charge in [0.25, 0.3) is 10.0 Å². The lowest BCUT2D eigenvalue weighted by Crippen LogP contribution is -2.44. The third-order valence-corrected chi connectivity index (χ3v) is 6.34. The number of alkyl halides is 2. The number of piperazine rings is 1. The van der Waals surface area contributed by atoms with Crippen molar-refractivity contribution >= 4 is 21.4 Å². The van der Waals surface area contributed by atoms with Gasteiger partial charge in [0, 0.05) is 37.9 Å². The van der Waals surface area contributed by atoms with Gasteiger partial charge in [-0.2, -0.15) is 8.78 Å². The minimum Gasteiger partial charge on any atom is -0.495 e. The number of aryl methyl sites for hydroxylation is 1. The molecule has 3 rings (SSSR count). The maximum absolute atomic E-state index is 13.0. The first-order chi connectivity index (χ1) is 14.2. The Morgan fingerprint density at radius 3 is 2.40 bits per heavy atom. The largest absolute Gasteiger partial charge is 0.495 e. The molecule has 1 heterocycles. The van der Waals surface area contributed by atoms with Gasteiger partial charge in [-0.3, -0.25) is 4.72 Å². The lowest BCUT2D eigenvalue weighted by molar-refractivity contribution is -0.0498. The fraction of sp³-hybridized carbons (Fsp3) is 0.400. The molecule has 10 heteroatoms. The number of rotatable bonds is 7. The summed E-state index contributed by atoms with van der Waals surface area (Å²) in [6.45, 7) is 2.30. The van der Waals surface area contributed by atoms with Crippen LogP contribution in [0.5, 0.6) is 11.5 Å². The molecule has 0 radical (unpaired) electrons. The number of nitrogens with one attached hydrogen (secondary N) is 1. The van der Waals surface area contributed by atoms with Crippen LogP contribution in [0.4, 0.5) is 20.2 Å². The highest BCUT2D eigenvalue weighted by Gasteiger charge is 2.22. The fourth-order valence-corrected chi connectivity index (χ4v) is 4.37. The maximum atomic E-state index is 13.0. The normalized spacial score (nSPS) is 15.3. The van der Waals surface area contributed by atoms with Crippen molar-refractivity contribution in [2.45, 2.75) is 18.4 Å². The molecular weight excluding hydrogens is 416 g/mol. The standard InChI is InChI=1S/C20H25F2N3O4S/c1-14-4-6-16(13-18(14)25-10-8-24(2)9-11-25)30(26,27)23-17-12-15(29-20(21)22)5-7-19(17)28-3/h4-7,12-13,20,23H,8-11H2,1-3H3. The number of methoxy groups -OCH3 is 1. The van der Waals surface area contributed by atoms with Gasteiger partial charge < -0.3 is 19.3 Å². The highest BCUT2D eigenvalue weighted by Crippen LogP contribution is 2.33. The van der Waals surface area contributed by atoms with Gasteiger partial charge in [0.1, 0.15) is 11.5 Å². The summed E-state index contributed by atoms with van der Waals surface area (Å²) in [5.41, 5.74) is 1.84. The number of sulfonamides is 1. The molecule has 164 valence electrons. The number of hydrogen-bond donors (Lipinski definition) is 1. The van der Waals surface area contributed by atoms with Gasteiger partial charge in [-0.15, -0.1) is 0 Å². The Kier molecular flexibility index (Phi) is 6.67. The van der Waals surface area contributed by atoms with E-state index >= 15 is 0 Å². The van der Waals surface area contributed by atoms with E-state index in [9.17, 15) is 17.2 Å². The molecule has 0 aromatic heterocycles. The molecule has 0 atom stereocenters. The molecular formula is C20H25F2N3O4S. The zero-order valence-electron chi connectivity index (χ0n) is 17.1. The first-order valence-electron chi connectivity index (χ1n) is 9.39. The van der Waals surface area contributed by atoms with Crippen molar-refractivity contribution < 1.29 is 26.7 Å². The van der Waals surface area contributed by atoms with Crippen molar-refractivity contribution in [2.75, 3.05) is 50.0 Å². The zero-order chi connectivity index (χ0) is 21.9. The van der Waals surface area contributed by atoms with E-state index in [0.29, 0.717) is 0 Å². The summed E-state index contributed by atoms with van der Waals surface area (Å²) >= 11 is 0. The molecule has 0 saturated carbocycles. The Balaban J connectivity index is 1.90. The van der Waals surface area contributed by atoms with Crippen LogP contribution >= 0.6 is 0 Å². The SMILES string of the molecule is COc1ccc(OC(F)F)cc1NS(=O)(=O)c1ccc(C)c(N2CCN(C)CC2)c1. The van der Waals surface area contributed by atoms with Gasteiger partial charge in [0.05, 0.1) is 17.7 Å². The van der Waals surface area contributed by atoms with E-state index in [2.05, 4.69) is 19.3 Å². The Hall–Kier alpha value is -2.59. The van der Waals surface area contributed by atoms with Crippen LogP contribution in [0, 0.1) is 6.92 Å². The average Bonchev–Trinajstić information content (AvgIpc) is 2.68. The number of halogens is 2. The van der Waals surface area contributed by atoms with E-state index in [1.807, 2.05) is 14.0 Å². The predicted octanol–water partition coefficient (Wildman–Crippen LogP) is 3.16. The van der Waals surface area contributed by atoms with Gasteiger partial charge >= 0.3 is 6.61 Å². The predicted molar refractivity (Wildman–Crippen MR) is 111 cm³/mol. The second kappa shape index (κ2) is 9.05. The molecule has 2 aromatic carbocycles. The van der Waals surface area contributed by atoms with E-state index in [1.165, 1.54) is 25.3 Å². The van der Waals surface area contributed by atoms with E-state index in [1.54, 1.807) is 12.1 Å². The van der Waals surface area contributed by atoms with Crippen LogP contribution in [0.3, 0.4) is 0 Å². The summed E-state index contributed by atoms with van der Waals surface area (Å²) in [4.78, 5) is 4.45. The topological polar surface area (TPSA) is 71.1 Å². The molecule has 1 aliphatic heterocycles. The monoisotopic (exact) mass is 441 g/mol. The van der Waals surface area contributed by atoms with Crippen LogP contribution in [-0.2, 0) is 10.0 Å². The first kappa shape index (κ1) is 22.1. The second-order valence-electron chi connectivity index (χ2n) is 7.08. The average molecular weight is 442 g/mol. The molecule has 0 amide bonds. The van der Waals surface area contributed by atoms with Crippen molar-refractivity contribution in [3.8, 4) is 11.5 Å². The van der Waals surface area contributed by atoms with Crippen LogP contribution in [0.15, 0.2) is 41.3 Å². The molecule has 0 bridgehead atoms. The van der Waals surface area contributed by atoms with Gasteiger partial charge in [0.2, 0.25) is 0 Å². The Morgan fingerprint density at radius 1 is 1.07 bits per heavy atom. The third-order valence-electron chi connectivity index (χ3n) is 4.98. The highest BCUT2D eigenvalue weighted by molar-refractivity contribution is 7.92. The van der Waals surface area contributed by atoms with Crippen LogP contribution in [0.1, 0.15) is 5.56 Å². The summed E-state index contributed by atoms with van der Waals surface area (Å²) in [6, 6.07) is 8.71. The molecule has 2 aromatic rings. The summed E-state index contributed by atoms with van der Waals surface area (Å²) in [6.07, 6.45) is 0. The van der Waals surface area contributed by atoms with E-state index in [4.69, 9.17) is 4.74 Å². The minimum absolute atomic E-state index is 0.0115. The van der Waals surface area contributed by atoms with Gasteiger partial charge in [-0.1, -0.05) is 6.07 Å². The minimum atomic E-state index is -3.99. The van der Waals surface area contributed by atoms with Gasteiger partial charge in [-0.25, -0.2) is 8.42 Å². The fourth-order valence-electron chi connectivity index (χ4n) is 3.29. The number of nitrogens with zero attached hydrogens (tertiary/aromatic N) is 2. The Morgan fingerprint density at radius 2 is 1.77 bits per heavy atom. The van der Waals surface area contributed by atoms with E-state index in [0.717, 1.165) is 43.5 Å². The molecule has 1 N–H and O–H groups in total. The van der Waals surface area contributed by atoms with Gasteiger partial charge in [-0.05, 0) is 43.8 Å². The summed E-state index contributed by atoms with van der Waals surface area (Å²) in [7, 11) is -0.581. The molecule has 1 saturated heterocycles. The van der Waals surface area contributed by atoms with Crippen molar-refractivity contribution in [3.05, 3.63) is 42.0 Å². The molecule has 0 spiro atoms.